The van der Waals surface area contributed by atoms with E-state index in [-0.39, 0.29) is 24.3 Å². The van der Waals surface area contributed by atoms with Gasteiger partial charge in [-0.25, -0.2) is 15.1 Å². The largest absolute Gasteiger partial charge is 0.367 e. The predicted octanol–water partition coefficient (Wildman–Crippen LogP) is 2.12. The second kappa shape index (κ2) is 9.45. The van der Waals surface area contributed by atoms with Crippen LogP contribution in [-0.4, -0.2) is 46.6 Å². The highest BCUT2D eigenvalue weighted by Gasteiger charge is 2.27. The van der Waals surface area contributed by atoms with Gasteiger partial charge in [-0.1, -0.05) is 0 Å². The Morgan fingerprint density at radius 2 is 2.22 bits per heavy atom. The molecule has 3 aromatic heterocycles. The van der Waals surface area contributed by atoms with E-state index in [4.69, 9.17) is 9.32 Å². The highest BCUT2D eigenvalue weighted by Crippen LogP contribution is 2.30. The van der Waals surface area contributed by atoms with E-state index < -0.39 is 10.3 Å². The van der Waals surface area contributed by atoms with E-state index >= 15 is 0 Å². The van der Waals surface area contributed by atoms with Crippen molar-refractivity contribution in [3.05, 3.63) is 57.9 Å². The summed E-state index contributed by atoms with van der Waals surface area (Å²) in [5.74, 6) is 0.395. The number of carbonyl (C=O) groups excluding carboxylic acids is 1. The van der Waals surface area contributed by atoms with Crippen molar-refractivity contribution in [1.29, 1.82) is 0 Å². The second-order valence-electron chi connectivity index (χ2n) is 7.95. The summed E-state index contributed by atoms with van der Waals surface area (Å²) in [7, 11) is -3.94. The van der Waals surface area contributed by atoms with E-state index in [0.29, 0.717) is 29.2 Å². The third-order valence-electron chi connectivity index (χ3n) is 5.29. The molecule has 10 nitrogen and oxygen atoms in total. The number of nitrogens with two attached hydrogens (primary N) is 1. The first-order valence-electron chi connectivity index (χ1n) is 10.1. The first-order valence-corrected chi connectivity index (χ1v) is 12.5. The Morgan fingerprint density at radius 1 is 1.38 bits per heavy atom. The van der Waals surface area contributed by atoms with E-state index in [1.54, 1.807) is 6.20 Å². The summed E-state index contributed by atoms with van der Waals surface area (Å²) in [5.41, 5.74) is 2.49. The summed E-state index contributed by atoms with van der Waals surface area (Å²) >= 11 is 1.38. The molecule has 2 atom stereocenters. The van der Waals surface area contributed by atoms with Gasteiger partial charge in [0.15, 0.2) is 0 Å². The average Bonchev–Trinajstić information content (AvgIpc) is 3.48. The fourth-order valence-corrected chi connectivity index (χ4v) is 5.04. The fourth-order valence-electron chi connectivity index (χ4n) is 3.80. The molecule has 1 fully saturated rings. The van der Waals surface area contributed by atoms with Crippen LogP contribution in [0.3, 0.4) is 0 Å². The minimum absolute atomic E-state index is 0.0486. The minimum atomic E-state index is -3.94. The van der Waals surface area contributed by atoms with Gasteiger partial charge < -0.3 is 5.32 Å². The molecule has 0 unspecified atom stereocenters. The van der Waals surface area contributed by atoms with Crippen LogP contribution in [0.25, 0.3) is 0 Å². The van der Waals surface area contributed by atoms with E-state index in [9.17, 15) is 13.2 Å². The van der Waals surface area contributed by atoms with Crippen LogP contribution in [0, 0.1) is 12.8 Å². The number of nitrogens with one attached hydrogen (secondary N) is 1. The van der Waals surface area contributed by atoms with Crippen molar-refractivity contribution in [3.8, 4) is 0 Å². The van der Waals surface area contributed by atoms with E-state index in [2.05, 4.69) is 20.4 Å². The zero-order valence-corrected chi connectivity index (χ0v) is 19.1. The third-order valence-corrected chi connectivity index (χ3v) is 6.73. The summed E-state index contributed by atoms with van der Waals surface area (Å²) in [6, 6.07) is 1.92. The number of thiophene rings is 1. The van der Waals surface area contributed by atoms with Gasteiger partial charge in [0.25, 0.3) is 0 Å². The number of aryl methyl sites for hydroxylation is 1. The van der Waals surface area contributed by atoms with Crippen molar-refractivity contribution in [3.63, 3.8) is 0 Å². The number of rotatable bonds is 9. The first-order chi connectivity index (χ1) is 15.3. The van der Waals surface area contributed by atoms with Crippen LogP contribution in [0.1, 0.15) is 45.6 Å². The number of hydrogen-bond acceptors (Lipinski definition) is 9. The van der Waals surface area contributed by atoms with Gasteiger partial charge in [-0.15, -0.1) is 11.3 Å². The lowest BCUT2D eigenvalue weighted by atomic mass is 10.1. The van der Waals surface area contributed by atoms with Crippen LogP contribution >= 0.6 is 11.3 Å². The molecule has 4 rings (SSSR count). The van der Waals surface area contributed by atoms with E-state index in [1.807, 2.05) is 29.2 Å². The van der Waals surface area contributed by atoms with Crippen molar-refractivity contribution in [1.82, 2.24) is 19.7 Å². The molecule has 3 aromatic rings. The summed E-state index contributed by atoms with van der Waals surface area (Å²) in [6.07, 6.45) is 8.96. The normalized spacial score (nSPS) is 18.7. The van der Waals surface area contributed by atoms with Crippen LogP contribution < -0.4 is 10.5 Å². The summed E-state index contributed by atoms with van der Waals surface area (Å²) in [6.45, 7) is 2.63. The van der Waals surface area contributed by atoms with Crippen LogP contribution in [-0.2, 0) is 21.0 Å². The van der Waals surface area contributed by atoms with Gasteiger partial charge in [-0.2, -0.15) is 13.5 Å². The molecule has 32 heavy (non-hydrogen) atoms. The molecule has 1 aliphatic carbocycles. The zero-order chi connectivity index (χ0) is 22.7. The Labute approximate surface area is 190 Å². The second-order valence-corrected chi connectivity index (χ2v) is 10.1. The maximum absolute atomic E-state index is 13.2. The molecule has 0 radical (unpaired) electrons. The maximum atomic E-state index is 13.2. The van der Waals surface area contributed by atoms with Gasteiger partial charge in [0, 0.05) is 18.4 Å². The Hall–Kier alpha value is -2.67. The monoisotopic (exact) mass is 476 g/mol. The van der Waals surface area contributed by atoms with Gasteiger partial charge >= 0.3 is 10.3 Å². The molecule has 0 bridgehead atoms. The molecule has 12 heteroatoms. The third kappa shape index (κ3) is 5.76. The molecule has 0 spiro atoms. The Balaban J connectivity index is 1.42. The number of carbonyl (C=O) groups is 1. The van der Waals surface area contributed by atoms with Gasteiger partial charge in [-0.05, 0) is 54.7 Å². The van der Waals surface area contributed by atoms with Crippen molar-refractivity contribution in [2.75, 3.05) is 11.9 Å². The van der Waals surface area contributed by atoms with Gasteiger partial charge in [0.1, 0.15) is 12.1 Å². The quantitative estimate of drug-likeness (QED) is 0.447. The minimum Gasteiger partial charge on any atom is -0.367 e. The molecule has 0 aliphatic heterocycles. The molecular formula is C20H24N6O4S2. The molecular weight excluding hydrogens is 452 g/mol. The number of hydrogen-bond donors (Lipinski definition) is 2. The lowest BCUT2D eigenvalue weighted by Crippen LogP contribution is -2.22. The maximum Gasteiger partial charge on any atom is 0.333 e. The van der Waals surface area contributed by atoms with Gasteiger partial charge in [0.2, 0.25) is 5.78 Å². The number of aromatic nitrogens is 4. The van der Waals surface area contributed by atoms with Crippen molar-refractivity contribution < 1.29 is 17.4 Å². The number of nitrogens with zero attached hydrogens (tertiary/aromatic N) is 4. The number of ketones is 1. The summed E-state index contributed by atoms with van der Waals surface area (Å²) < 4.78 is 28.6. The Kier molecular flexibility index (Phi) is 6.65. The Morgan fingerprint density at radius 3 is 2.97 bits per heavy atom. The molecule has 0 amide bonds. The SMILES string of the molecule is Cc1cnn(Cc2csc(C(=O)c3cncnc3N[C@H]3CC[C@@H](COS(N)(=O)=O)C3)c2)c1. The standard InChI is InChI=1S/C20H24N6O4S2/c1-13-6-24-26(8-13)9-15-5-18(31-11-15)19(27)17-7-22-12-23-20(17)25-16-3-2-14(4-16)10-30-32(21,28)29/h5-8,11-12,14,16H,2-4,9-10H2,1H3,(H2,21,28,29)(H,22,23,25)/t14-,16+/m1/s1. The van der Waals surface area contributed by atoms with E-state index in [0.717, 1.165) is 24.0 Å². The van der Waals surface area contributed by atoms with Gasteiger partial charge in [0.05, 0.1) is 29.8 Å². The molecule has 0 aromatic carbocycles. The van der Waals surface area contributed by atoms with Crippen molar-refractivity contribution in [2.24, 2.45) is 11.1 Å². The smallest absolute Gasteiger partial charge is 0.333 e. The molecule has 3 heterocycles. The summed E-state index contributed by atoms with van der Waals surface area (Å²) in [5, 5.41) is 14.5. The van der Waals surface area contributed by atoms with E-state index in [1.165, 1.54) is 23.9 Å². The summed E-state index contributed by atoms with van der Waals surface area (Å²) in [4.78, 5) is 22.1. The number of anilines is 1. The lowest BCUT2D eigenvalue weighted by molar-refractivity contribution is 0.104. The van der Waals surface area contributed by atoms with Gasteiger partial charge in [-0.3, -0.25) is 13.7 Å². The molecule has 0 saturated heterocycles. The first kappa shape index (κ1) is 22.5. The highest BCUT2D eigenvalue weighted by atomic mass is 32.2. The van der Waals surface area contributed by atoms with Crippen LogP contribution in [0.5, 0.6) is 0 Å². The Bertz CT molecular complexity index is 1210. The topological polar surface area (TPSA) is 142 Å². The average molecular weight is 477 g/mol. The van der Waals surface area contributed by atoms with Crippen molar-refractivity contribution in [2.45, 2.75) is 38.8 Å². The molecule has 3 N–H and O–H groups in total. The molecule has 170 valence electrons. The highest BCUT2D eigenvalue weighted by molar-refractivity contribution is 7.84. The molecule has 1 saturated carbocycles. The predicted molar refractivity (Wildman–Crippen MR) is 120 cm³/mol. The molecule has 1 aliphatic rings. The van der Waals surface area contributed by atoms with Crippen molar-refractivity contribution >= 4 is 33.2 Å². The fraction of sp³-hybridized carbons (Fsp3) is 0.400. The van der Waals surface area contributed by atoms with Crippen LogP contribution in [0.15, 0.2) is 36.4 Å². The zero-order valence-electron chi connectivity index (χ0n) is 17.5. The lowest BCUT2D eigenvalue weighted by Gasteiger charge is -2.15. The van der Waals surface area contributed by atoms with Crippen LogP contribution in [0.2, 0.25) is 0 Å². The van der Waals surface area contributed by atoms with Crippen LogP contribution in [0.4, 0.5) is 5.82 Å².